The van der Waals surface area contributed by atoms with E-state index >= 15 is 0 Å². The Labute approximate surface area is 110 Å². The lowest BCUT2D eigenvalue weighted by atomic mass is 10.1. The van der Waals surface area contributed by atoms with Crippen LogP contribution in [0, 0.1) is 11.3 Å². The lowest BCUT2D eigenvalue weighted by molar-refractivity contribution is 0.0697. The maximum Gasteiger partial charge on any atom is 0.335 e. The third kappa shape index (κ3) is 2.28. The van der Waals surface area contributed by atoms with Crippen LogP contribution in [0.2, 0.25) is 0 Å². The molecule has 1 fully saturated rings. The number of fused-ring (bicyclic) bond motifs is 1. The number of hydrogen-bond donors (Lipinski definition) is 2. The maximum absolute atomic E-state index is 10.9. The van der Waals surface area contributed by atoms with E-state index in [1.54, 1.807) is 6.07 Å². The summed E-state index contributed by atoms with van der Waals surface area (Å²) < 4.78 is 5.52. The van der Waals surface area contributed by atoms with Crippen molar-refractivity contribution in [3.63, 3.8) is 0 Å². The minimum Gasteiger partial charge on any atom is -0.478 e. The largest absolute Gasteiger partial charge is 0.478 e. The van der Waals surface area contributed by atoms with E-state index in [0.717, 1.165) is 6.54 Å². The summed E-state index contributed by atoms with van der Waals surface area (Å²) in [5.74, 6) is -0.315. The Morgan fingerprint density at radius 3 is 2.95 bits per heavy atom. The van der Waals surface area contributed by atoms with Gasteiger partial charge in [0, 0.05) is 6.54 Å². The van der Waals surface area contributed by atoms with Crippen molar-refractivity contribution in [3.8, 4) is 0 Å². The van der Waals surface area contributed by atoms with E-state index in [9.17, 15) is 4.79 Å². The molecule has 0 amide bonds. The smallest absolute Gasteiger partial charge is 0.335 e. The number of rotatable bonds is 4. The van der Waals surface area contributed by atoms with E-state index in [1.165, 1.54) is 18.6 Å². The van der Waals surface area contributed by atoms with Crippen LogP contribution in [0.25, 0.3) is 11.1 Å². The molecule has 0 bridgehead atoms. The molecule has 1 aromatic carbocycles. The monoisotopic (exact) mass is 260 g/mol. The van der Waals surface area contributed by atoms with Gasteiger partial charge in [-0.15, -0.1) is 0 Å². The minimum atomic E-state index is -0.965. The number of carboxylic acids is 1. The van der Waals surface area contributed by atoms with Crippen LogP contribution in [-0.2, 0) is 0 Å². The Morgan fingerprint density at radius 1 is 1.58 bits per heavy atom. The first kappa shape index (κ1) is 12.0. The molecule has 3 rings (SSSR count). The molecule has 0 saturated heterocycles. The Bertz CT molecular complexity index is 645. The summed E-state index contributed by atoms with van der Waals surface area (Å²) in [5.41, 5.74) is 1.79. The summed E-state index contributed by atoms with van der Waals surface area (Å²) >= 11 is 0. The first-order chi connectivity index (χ1) is 8.95. The number of nitrogens with zero attached hydrogens (tertiary/aromatic N) is 1. The van der Waals surface area contributed by atoms with Gasteiger partial charge < -0.3 is 14.8 Å². The van der Waals surface area contributed by atoms with Crippen LogP contribution >= 0.6 is 0 Å². The van der Waals surface area contributed by atoms with E-state index in [4.69, 9.17) is 9.52 Å². The van der Waals surface area contributed by atoms with Crippen molar-refractivity contribution in [3.05, 3.63) is 23.8 Å². The molecule has 100 valence electrons. The second-order valence-corrected chi connectivity index (χ2v) is 5.78. The van der Waals surface area contributed by atoms with Gasteiger partial charge in [-0.25, -0.2) is 4.79 Å². The molecule has 0 radical (unpaired) electrons. The van der Waals surface area contributed by atoms with Crippen molar-refractivity contribution >= 4 is 23.1 Å². The molecular weight excluding hydrogens is 244 g/mol. The van der Waals surface area contributed by atoms with Crippen LogP contribution in [0.4, 0.5) is 6.01 Å². The van der Waals surface area contributed by atoms with Gasteiger partial charge in [0.2, 0.25) is 0 Å². The fourth-order valence-electron chi connectivity index (χ4n) is 2.27. The topological polar surface area (TPSA) is 75.4 Å². The van der Waals surface area contributed by atoms with Crippen LogP contribution in [0.5, 0.6) is 0 Å². The molecule has 1 aliphatic carbocycles. The number of aromatic carboxylic acids is 1. The predicted octanol–water partition coefficient (Wildman–Crippen LogP) is 2.98. The van der Waals surface area contributed by atoms with Gasteiger partial charge in [-0.05, 0) is 36.0 Å². The average Bonchev–Trinajstić information content (AvgIpc) is 2.80. The van der Waals surface area contributed by atoms with Gasteiger partial charge >= 0.3 is 5.97 Å². The number of hydrogen-bond acceptors (Lipinski definition) is 4. The number of nitrogens with one attached hydrogen (secondary N) is 1. The quantitative estimate of drug-likeness (QED) is 0.883. The number of anilines is 1. The molecule has 1 atom stereocenters. The molecule has 1 heterocycles. The Morgan fingerprint density at radius 2 is 2.32 bits per heavy atom. The van der Waals surface area contributed by atoms with Crippen LogP contribution in [0.1, 0.15) is 30.6 Å². The normalized spacial score (nSPS) is 20.4. The van der Waals surface area contributed by atoms with Gasteiger partial charge in [-0.3, -0.25) is 0 Å². The van der Waals surface area contributed by atoms with E-state index in [-0.39, 0.29) is 5.56 Å². The number of oxazole rings is 1. The highest BCUT2D eigenvalue weighted by Crippen LogP contribution is 2.51. The molecule has 2 N–H and O–H groups in total. The van der Waals surface area contributed by atoms with E-state index in [1.807, 2.05) is 0 Å². The van der Waals surface area contributed by atoms with Crippen molar-refractivity contribution in [2.45, 2.75) is 20.3 Å². The third-order valence-corrected chi connectivity index (χ3v) is 3.85. The van der Waals surface area contributed by atoms with Crippen molar-refractivity contribution in [2.24, 2.45) is 11.3 Å². The highest BCUT2D eigenvalue weighted by molar-refractivity contribution is 5.92. The zero-order valence-electron chi connectivity index (χ0n) is 10.9. The SMILES string of the molecule is CC1(C)CC1CNc1nc2ccc(C(=O)O)cc2o1. The Kier molecular flexibility index (Phi) is 2.52. The molecule has 5 heteroatoms. The molecule has 19 heavy (non-hydrogen) atoms. The fourth-order valence-corrected chi connectivity index (χ4v) is 2.27. The van der Waals surface area contributed by atoms with Crippen LogP contribution in [0.15, 0.2) is 22.6 Å². The van der Waals surface area contributed by atoms with E-state index in [2.05, 4.69) is 24.1 Å². The van der Waals surface area contributed by atoms with Crippen LogP contribution in [0.3, 0.4) is 0 Å². The van der Waals surface area contributed by atoms with Gasteiger partial charge in [0.1, 0.15) is 5.52 Å². The molecule has 1 aromatic heterocycles. The second-order valence-electron chi connectivity index (χ2n) is 5.78. The molecule has 0 aliphatic heterocycles. The van der Waals surface area contributed by atoms with Crippen molar-refractivity contribution in [2.75, 3.05) is 11.9 Å². The first-order valence-corrected chi connectivity index (χ1v) is 6.33. The molecule has 1 aliphatic rings. The molecule has 2 aromatic rings. The maximum atomic E-state index is 10.9. The van der Waals surface area contributed by atoms with Gasteiger partial charge in [0.25, 0.3) is 6.01 Å². The van der Waals surface area contributed by atoms with Crippen LogP contribution in [-0.4, -0.2) is 22.6 Å². The molecule has 1 unspecified atom stereocenters. The number of carboxylic acid groups (broad SMARTS) is 1. The van der Waals surface area contributed by atoms with Gasteiger partial charge in [0.15, 0.2) is 5.58 Å². The molecular formula is C14H16N2O3. The second kappa shape index (κ2) is 3.98. The summed E-state index contributed by atoms with van der Waals surface area (Å²) in [4.78, 5) is 15.2. The Balaban J connectivity index is 1.76. The summed E-state index contributed by atoms with van der Waals surface area (Å²) in [5, 5.41) is 12.1. The van der Waals surface area contributed by atoms with Gasteiger partial charge in [-0.2, -0.15) is 4.98 Å². The number of benzene rings is 1. The lowest BCUT2D eigenvalue weighted by Crippen LogP contribution is -2.07. The highest BCUT2D eigenvalue weighted by Gasteiger charge is 2.45. The summed E-state index contributed by atoms with van der Waals surface area (Å²) in [7, 11) is 0. The first-order valence-electron chi connectivity index (χ1n) is 6.33. The Hall–Kier alpha value is -2.04. The summed E-state index contributed by atoms with van der Waals surface area (Å²) in [6.45, 7) is 5.32. The van der Waals surface area contributed by atoms with Crippen molar-refractivity contribution in [1.82, 2.24) is 4.98 Å². The molecule has 0 spiro atoms. The van der Waals surface area contributed by atoms with Gasteiger partial charge in [-0.1, -0.05) is 13.8 Å². The lowest BCUT2D eigenvalue weighted by Gasteiger charge is -2.02. The average molecular weight is 260 g/mol. The zero-order chi connectivity index (χ0) is 13.6. The minimum absolute atomic E-state index is 0.207. The molecule has 1 saturated carbocycles. The fraction of sp³-hybridized carbons (Fsp3) is 0.429. The van der Waals surface area contributed by atoms with Crippen LogP contribution < -0.4 is 5.32 Å². The summed E-state index contributed by atoms with van der Waals surface area (Å²) in [6.07, 6.45) is 1.21. The molecule has 5 nitrogen and oxygen atoms in total. The third-order valence-electron chi connectivity index (χ3n) is 3.85. The standard InChI is InChI=1S/C14H16N2O3/c1-14(2)6-9(14)7-15-13-16-10-4-3-8(12(17)18)5-11(10)19-13/h3-5,9H,6-7H2,1-2H3,(H,15,16)(H,17,18). The van der Waals surface area contributed by atoms with E-state index < -0.39 is 5.97 Å². The van der Waals surface area contributed by atoms with E-state index in [0.29, 0.717) is 28.4 Å². The predicted molar refractivity (Wildman–Crippen MR) is 71.3 cm³/mol. The number of carbonyl (C=O) groups is 1. The van der Waals surface area contributed by atoms with Crippen molar-refractivity contribution < 1.29 is 14.3 Å². The van der Waals surface area contributed by atoms with Gasteiger partial charge in [0.05, 0.1) is 5.56 Å². The highest BCUT2D eigenvalue weighted by atomic mass is 16.4. The van der Waals surface area contributed by atoms with Crippen molar-refractivity contribution in [1.29, 1.82) is 0 Å². The number of aromatic nitrogens is 1. The summed E-state index contributed by atoms with van der Waals surface area (Å²) in [6, 6.07) is 5.15. The zero-order valence-corrected chi connectivity index (χ0v) is 10.9.